The van der Waals surface area contributed by atoms with Crippen molar-refractivity contribution < 1.29 is 9.53 Å². The molecule has 0 fully saturated rings. The highest BCUT2D eigenvalue weighted by atomic mass is 16.5. The molecule has 0 radical (unpaired) electrons. The Morgan fingerprint density at radius 1 is 0.850 bits per heavy atom. The van der Waals surface area contributed by atoms with E-state index in [1.807, 2.05) is 43.3 Å². The molecule has 0 atom stereocenters. The van der Waals surface area contributed by atoms with Crippen LogP contribution < -0.4 is 5.32 Å². The van der Waals surface area contributed by atoms with E-state index in [-0.39, 0.29) is 6.09 Å². The maximum atomic E-state index is 10.8. The molecule has 0 aromatic heterocycles. The van der Waals surface area contributed by atoms with Crippen molar-refractivity contribution in [3.63, 3.8) is 0 Å². The van der Waals surface area contributed by atoms with Gasteiger partial charge in [-0.1, -0.05) is 75.4 Å². The second-order valence-corrected chi connectivity index (χ2v) is 4.57. The van der Waals surface area contributed by atoms with Gasteiger partial charge in [-0.25, -0.2) is 4.79 Å². The minimum Gasteiger partial charge on any atom is -0.450 e. The smallest absolute Gasteiger partial charge is 0.407 e. The van der Waals surface area contributed by atoms with Crippen LogP contribution in [0.25, 0.3) is 0 Å². The van der Waals surface area contributed by atoms with Gasteiger partial charge in [0.1, 0.15) is 0 Å². The Kier molecular flexibility index (Phi) is 14.4. The number of carbonyl (C=O) groups is 1. The standard InChI is InChI=1S/C11H23NO2.C6H6/c1-3-5-6-7-8-9-10-12-11(13)14-4-2;1-2-4-6-5-3-1/h3-10H2,1-2H3,(H,12,13);1-6H. The summed E-state index contributed by atoms with van der Waals surface area (Å²) in [6, 6.07) is 12.0. The molecule has 3 nitrogen and oxygen atoms in total. The van der Waals surface area contributed by atoms with Crippen LogP contribution in [0.15, 0.2) is 36.4 Å². The number of hydrogen-bond donors (Lipinski definition) is 1. The van der Waals surface area contributed by atoms with Gasteiger partial charge in [0.2, 0.25) is 0 Å². The summed E-state index contributed by atoms with van der Waals surface area (Å²) >= 11 is 0. The van der Waals surface area contributed by atoms with E-state index in [0.29, 0.717) is 6.61 Å². The molecular formula is C17H29NO2. The average Bonchev–Trinajstić information content (AvgIpc) is 2.49. The van der Waals surface area contributed by atoms with Gasteiger partial charge < -0.3 is 10.1 Å². The fraction of sp³-hybridized carbons (Fsp3) is 0.588. The lowest BCUT2D eigenvalue weighted by atomic mass is 10.1. The third-order valence-corrected chi connectivity index (χ3v) is 2.74. The molecule has 114 valence electrons. The van der Waals surface area contributed by atoms with Crippen LogP contribution in [0.4, 0.5) is 4.79 Å². The SMILES string of the molecule is CCCCCCCCNC(=O)OCC.c1ccccc1. The van der Waals surface area contributed by atoms with Crippen LogP contribution in [-0.4, -0.2) is 19.2 Å². The molecule has 0 bridgehead atoms. The van der Waals surface area contributed by atoms with Crippen LogP contribution >= 0.6 is 0 Å². The first-order chi connectivity index (χ1) is 9.81. The first-order valence-corrected chi connectivity index (χ1v) is 7.71. The van der Waals surface area contributed by atoms with Crippen molar-refractivity contribution in [1.29, 1.82) is 0 Å². The van der Waals surface area contributed by atoms with E-state index in [9.17, 15) is 4.79 Å². The van der Waals surface area contributed by atoms with Crippen molar-refractivity contribution in [3.05, 3.63) is 36.4 Å². The topological polar surface area (TPSA) is 38.3 Å². The van der Waals surface area contributed by atoms with Gasteiger partial charge in [0.15, 0.2) is 0 Å². The van der Waals surface area contributed by atoms with Crippen LogP contribution in [-0.2, 0) is 4.74 Å². The molecule has 0 unspecified atom stereocenters. The molecule has 0 saturated heterocycles. The van der Waals surface area contributed by atoms with E-state index in [1.54, 1.807) is 0 Å². The molecule has 1 amide bonds. The highest BCUT2D eigenvalue weighted by Crippen LogP contribution is 2.03. The molecule has 0 spiro atoms. The molecule has 0 heterocycles. The van der Waals surface area contributed by atoms with Crippen LogP contribution in [0.1, 0.15) is 52.4 Å². The molecule has 0 aliphatic carbocycles. The molecule has 0 saturated carbocycles. The highest BCUT2D eigenvalue weighted by Gasteiger charge is 1.97. The Hall–Kier alpha value is -1.51. The predicted octanol–water partition coefficient (Wildman–Crippen LogP) is 4.78. The van der Waals surface area contributed by atoms with E-state index >= 15 is 0 Å². The van der Waals surface area contributed by atoms with Crippen molar-refractivity contribution in [2.24, 2.45) is 0 Å². The van der Waals surface area contributed by atoms with E-state index < -0.39 is 0 Å². The fourth-order valence-corrected chi connectivity index (χ4v) is 1.66. The quantitative estimate of drug-likeness (QED) is 0.695. The van der Waals surface area contributed by atoms with Gasteiger partial charge in [-0.2, -0.15) is 0 Å². The number of amides is 1. The lowest BCUT2D eigenvalue weighted by Crippen LogP contribution is -2.25. The molecule has 1 rings (SSSR count). The normalized spacial score (nSPS) is 9.30. The summed E-state index contributed by atoms with van der Waals surface area (Å²) in [6.07, 6.45) is 7.16. The van der Waals surface area contributed by atoms with E-state index in [2.05, 4.69) is 12.2 Å². The first-order valence-electron chi connectivity index (χ1n) is 7.71. The summed E-state index contributed by atoms with van der Waals surface area (Å²) in [4.78, 5) is 10.8. The summed E-state index contributed by atoms with van der Waals surface area (Å²) in [6.45, 7) is 5.21. The fourth-order valence-electron chi connectivity index (χ4n) is 1.66. The van der Waals surface area contributed by atoms with Gasteiger partial charge in [-0.05, 0) is 13.3 Å². The van der Waals surface area contributed by atoms with Crippen LogP contribution in [0, 0.1) is 0 Å². The van der Waals surface area contributed by atoms with Crippen molar-refractivity contribution >= 4 is 6.09 Å². The Morgan fingerprint density at radius 3 is 1.85 bits per heavy atom. The number of alkyl carbamates (subject to hydrolysis) is 1. The maximum Gasteiger partial charge on any atom is 0.407 e. The number of nitrogens with one attached hydrogen (secondary N) is 1. The number of ether oxygens (including phenoxy) is 1. The molecular weight excluding hydrogens is 250 g/mol. The van der Waals surface area contributed by atoms with Crippen molar-refractivity contribution in [1.82, 2.24) is 5.32 Å². The van der Waals surface area contributed by atoms with E-state index in [0.717, 1.165) is 13.0 Å². The van der Waals surface area contributed by atoms with E-state index in [4.69, 9.17) is 4.74 Å². The minimum atomic E-state index is -0.291. The Bertz CT molecular complexity index is 274. The number of carbonyl (C=O) groups excluding carboxylic acids is 1. The first kappa shape index (κ1) is 18.5. The average molecular weight is 279 g/mol. The second kappa shape index (κ2) is 15.5. The lowest BCUT2D eigenvalue weighted by molar-refractivity contribution is 0.152. The van der Waals surface area contributed by atoms with Crippen molar-refractivity contribution in [3.8, 4) is 0 Å². The van der Waals surface area contributed by atoms with Crippen molar-refractivity contribution in [2.45, 2.75) is 52.4 Å². The van der Waals surface area contributed by atoms with Gasteiger partial charge in [-0.3, -0.25) is 0 Å². The Morgan fingerprint density at radius 2 is 1.35 bits per heavy atom. The predicted molar refractivity (Wildman–Crippen MR) is 84.8 cm³/mol. The van der Waals surface area contributed by atoms with Gasteiger partial charge in [0.25, 0.3) is 0 Å². The molecule has 20 heavy (non-hydrogen) atoms. The van der Waals surface area contributed by atoms with Crippen molar-refractivity contribution in [2.75, 3.05) is 13.2 Å². The number of benzene rings is 1. The minimum absolute atomic E-state index is 0.291. The molecule has 3 heteroatoms. The van der Waals surface area contributed by atoms with Crippen LogP contribution in [0.2, 0.25) is 0 Å². The molecule has 0 aliphatic heterocycles. The summed E-state index contributed by atoms with van der Waals surface area (Å²) in [5.41, 5.74) is 0. The summed E-state index contributed by atoms with van der Waals surface area (Å²) in [7, 11) is 0. The largest absolute Gasteiger partial charge is 0.450 e. The zero-order chi connectivity index (χ0) is 14.9. The van der Waals surface area contributed by atoms with E-state index in [1.165, 1.54) is 32.1 Å². The zero-order valence-corrected chi connectivity index (χ0v) is 12.9. The molecule has 1 aromatic rings. The summed E-state index contributed by atoms with van der Waals surface area (Å²) in [5.74, 6) is 0. The summed E-state index contributed by atoms with van der Waals surface area (Å²) < 4.78 is 4.74. The lowest BCUT2D eigenvalue weighted by Gasteiger charge is -2.04. The number of unbranched alkanes of at least 4 members (excludes halogenated alkanes) is 5. The number of hydrogen-bond acceptors (Lipinski definition) is 2. The third kappa shape index (κ3) is 14.6. The summed E-state index contributed by atoms with van der Waals surface area (Å²) in [5, 5.41) is 2.71. The molecule has 1 aromatic carbocycles. The van der Waals surface area contributed by atoms with Gasteiger partial charge in [0.05, 0.1) is 6.61 Å². The highest BCUT2D eigenvalue weighted by molar-refractivity contribution is 5.66. The molecule has 1 N–H and O–H groups in total. The van der Waals surface area contributed by atoms with Gasteiger partial charge in [-0.15, -0.1) is 0 Å². The third-order valence-electron chi connectivity index (χ3n) is 2.74. The van der Waals surface area contributed by atoms with Gasteiger partial charge in [0, 0.05) is 6.54 Å². The number of rotatable bonds is 8. The maximum absolute atomic E-state index is 10.8. The second-order valence-electron chi connectivity index (χ2n) is 4.57. The Labute approximate surface area is 123 Å². The zero-order valence-electron chi connectivity index (χ0n) is 12.9. The van der Waals surface area contributed by atoms with Gasteiger partial charge >= 0.3 is 6.09 Å². The van der Waals surface area contributed by atoms with Crippen LogP contribution in [0.3, 0.4) is 0 Å². The molecule has 0 aliphatic rings. The monoisotopic (exact) mass is 279 g/mol. The Balaban J connectivity index is 0.000000493. The van der Waals surface area contributed by atoms with Crippen LogP contribution in [0.5, 0.6) is 0 Å².